The predicted molar refractivity (Wildman–Crippen MR) is 77.1 cm³/mol. The lowest BCUT2D eigenvalue weighted by atomic mass is 10.1. The van der Waals surface area contributed by atoms with Crippen LogP contribution >= 0.6 is 0 Å². The maximum Gasteiger partial charge on any atom is 0.276 e. The molecule has 0 radical (unpaired) electrons. The lowest BCUT2D eigenvalue weighted by molar-refractivity contribution is -0.385. The fourth-order valence-corrected chi connectivity index (χ4v) is 2.55. The number of para-hydroxylation sites is 1. The van der Waals surface area contributed by atoms with E-state index in [9.17, 15) is 14.9 Å². The Morgan fingerprint density at radius 1 is 1.40 bits per heavy atom. The van der Waals surface area contributed by atoms with Gasteiger partial charge in [-0.1, -0.05) is 19.1 Å². The molecule has 20 heavy (non-hydrogen) atoms. The van der Waals surface area contributed by atoms with Crippen molar-refractivity contribution in [1.82, 2.24) is 5.32 Å². The van der Waals surface area contributed by atoms with Crippen LogP contribution in [0.1, 0.15) is 31.7 Å². The third-order valence-corrected chi connectivity index (χ3v) is 3.59. The molecule has 2 unspecified atom stereocenters. The topological polar surface area (TPSA) is 72.2 Å². The standard InChI is InChI=1S/C15H18N2O3/c1-11-6-8-13(10-11)16-15(18)9-7-12-4-2-3-5-14(12)17(19)20/h2-5,7,9,11,13H,6,8,10H2,1H3,(H,16,18)/b9-7+. The minimum Gasteiger partial charge on any atom is -0.350 e. The number of hydrogen-bond donors (Lipinski definition) is 1. The average molecular weight is 274 g/mol. The molecule has 0 heterocycles. The summed E-state index contributed by atoms with van der Waals surface area (Å²) in [6.07, 6.45) is 6.01. The van der Waals surface area contributed by atoms with Gasteiger partial charge < -0.3 is 5.32 Å². The van der Waals surface area contributed by atoms with Gasteiger partial charge in [0.1, 0.15) is 0 Å². The lowest BCUT2D eigenvalue weighted by Gasteiger charge is -2.10. The molecule has 0 bridgehead atoms. The third kappa shape index (κ3) is 3.66. The highest BCUT2D eigenvalue weighted by molar-refractivity contribution is 5.92. The normalized spacial score (nSPS) is 22.1. The molecule has 2 rings (SSSR count). The van der Waals surface area contributed by atoms with E-state index < -0.39 is 4.92 Å². The monoisotopic (exact) mass is 274 g/mol. The molecule has 1 aromatic carbocycles. The van der Waals surface area contributed by atoms with Crippen LogP contribution in [0.2, 0.25) is 0 Å². The summed E-state index contributed by atoms with van der Waals surface area (Å²) in [6, 6.07) is 6.60. The molecule has 0 saturated heterocycles. The van der Waals surface area contributed by atoms with E-state index in [1.54, 1.807) is 18.2 Å². The second-order valence-electron chi connectivity index (χ2n) is 5.27. The molecule has 1 fully saturated rings. The zero-order valence-corrected chi connectivity index (χ0v) is 11.4. The minimum atomic E-state index is -0.448. The van der Waals surface area contributed by atoms with Crippen molar-refractivity contribution in [1.29, 1.82) is 0 Å². The van der Waals surface area contributed by atoms with Crippen LogP contribution in [0.5, 0.6) is 0 Å². The predicted octanol–water partition coefficient (Wildman–Crippen LogP) is 2.91. The van der Waals surface area contributed by atoms with Crippen molar-refractivity contribution < 1.29 is 9.72 Å². The summed E-state index contributed by atoms with van der Waals surface area (Å²) in [5.74, 6) is 0.460. The van der Waals surface area contributed by atoms with E-state index >= 15 is 0 Å². The fourth-order valence-electron chi connectivity index (χ4n) is 2.55. The molecule has 0 spiro atoms. The first-order valence-electron chi connectivity index (χ1n) is 6.78. The van der Waals surface area contributed by atoms with Crippen LogP contribution in [0.15, 0.2) is 30.3 Å². The van der Waals surface area contributed by atoms with Crippen LogP contribution in [0, 0.1) is 16.0 Å². The molecule has 5 heteroatoms. The molecule has 0 aromatic heterocycles. The number of rotatable bonds is 4. The van der Waals surface area contributed by atoms with Gasteiger partial charge in [-0.15, -0.1) is 0 Å². The summed E-state index contributed by atoms with van der Waals surface area (Å²) in [5.41, 5.74) is 0.443. The molecule has 0 aliphatic heterocycles. The SMILES string of the molecule is CC1CCC(NC(=O)/C=C/c2ccccc2[N+](=O)[O-])C1. The summed E-state index contributed by atoms with van der Waals surface area (Å²) in [4.78, 5) is 22.2. The fraction of sp³-hybridized carbons (Fsp3) is 0.400. The Labute approximate surface area is 117 Å². The van der Waals surface area contributed by atoms with Crippen molar-refractivity contribution in [3.05, 3.63) is 46.0 Å². The Morgan fingerprint density at radius 3 is 2.80 bits per heavy atom. The number of nitrogens with one attached hydrogen (secondary N) is 1. The van der Waals surface area contributed by atoms with Crippen molar-refractivity contribution in [2.45, 2.75) is 32.2 Å². The summed E-state index contributed by atoms with van der Waals surface area (Å²) in [7, 11) is 0. The maximum atomic E-state index is 11.8. The van der Waals surface area contributed by atoms with Gasteiger partial charge in [-0.2, -0.15) is 0 Å². The van der Waals surface area contributed by atoms with E-state index in [1.165, 1.54) is 18.2 Å². The first-order chi connectivity index (χ1) is 9.56. The van der Waals surface area contributed by atoms with Crippen LogP contribution in [-0.4, -0.2) is 16.9 Å². The van der Waals surface area contributed by atoms with E-state index in [0.29, 0.717) is 11.5 Å². The zero-order valence-electron chi connectivity index (χ0n) is 11.4. The first kappa shape index (κ1) is 14.2. The van der Waals surface area contributed by atoms with Crippen molar-refractivity contribution in [2.24, 2.45) is 5.92 Å². The number of benzene rings is 1. The summed E-state index contributed by atoms with van der Waals surface area (Å²) in [6.45, 7) is 2.18. The first-order valence-corrected chi connectivity index (χ1v) is 6.78. The molecule has 1 amide bonds. The lowest BCUT2D eigenvalue weighted by Crippen LogP contribution is -2.31. The average Bonchev–Trinajstić information content (AvgIpc) is 2.82. The minimum absolute atomic E-state index is 0.00559. The second-order valence-corrected chi connectivity index (χ2v) is 5.27. The molecular formula is C15H18N2O3. The number of hydrogen-bond acceptors (Lipinski definition) is 3. The molecule has 2 atom stereocenters. The molecule has 1 saturated carbocycles. The zero-order chi connectivity index (χ0) is 14.5. The highest BCUT2D eigenvalue weighted by Crippen LogP contribution is 2.24. The number of carbonyl (C=O) groups excluding carboxylic acids is 1. The van der Waals surface area contributed by atoms with Gasteiger partial charge in [0.15, 0.2) is 0 Å². The van der Waals surface area contributed by atoms with Gasteiger partial charge in [0.05, 0.1) is 10.5 Å². The van der Waals surface area contributed by atoms with Crippen LogP contribution in [-0.2, 0) is 4.79 Å². The Morgan fingerprint density at radius 2 is 2.15 bits per heavy atom. The van der Waals surface area contributed by atoms with E-state index in [4.69, 9.17) is 0 Å². The molecule has 1 aliphatic rings. The van der Waals surface area contributed by atoms with Crippen LogP contribution in [0.25, 0.3) is 6.08 Å². The Kier molecular flexibility index (Phi) is 4.50. The highest BCUT2D eigenvalue weighted by atomic mass is 16.6. The van der Waals surface area contributed by atoms with Gasteiger partial charge >= 0.3 is 0 Å². The van der Waals surface area contributed by atoms with E-state index in [2.05, 4.69) is 12.2 Å². The van der Waals surface area contributed by atoms with Crippen LogP contribution in [0.4, 0.5) is 5.69 Å². The number of amides is 1. The van der Waals surface area contributed by atoms with Crippen LogP contribution < -0.4 is 5.32 Å². The maximum absolute atomic E-state index is 11.8. The van der Waals surface area contributed by atoms with E-state index in [-0.39, 0.29) is 17.6 Å². The second kappa shape index (κ2) is 6.32. The van der Waals surface area contributed by atoms with Gasteiger partial charge in [-0.25, -0.2) is 0 Å². The molecule has 106 valence electrons. The van der Waals surface area contributed by atoms with Crippen molar-refractivity contribution in [3.63, 3.8) is 0 Å². The van der Waals surface area contributed by atoms with E-state index in [1.807, 2.05) is 0 Å². The number of nitro benzene ring substituents is 1. The van der Waals surface area contributed by atoms with Gasteiger partial charge in [-0.05, 0) is 37.3 Å². The number of nitrogens with zero attached hydrogens (tertiary/aromatic N) is 1. The number of nitro groups is 1. The third-order valence-electron chi connectivity index (χ3n) is 3.59. The van der Waals surface area contributed by atoms with E-state index in [0.717, 1.165) is 19.3 Å². The van der Waals surface area contributed by atoms with Gasteiger partial charge in [0.25, 0.3) is 5.69 Å². The van der Waals surface area contributed by atoms with Gasteiger partial charge in [0.2, 0.25) is 5.91 Å². The molecular weight excluding hydrogens is 256 g/mol. The largest absolute Gasteiger partial charge is 0.350 e. The van der Waals surface area contributed by atoms with Crippen molar-refractivity contribution in [3.8, 4) is 0 Å². The molecule has 1 aliphatic carbocycles. The molecule has 1 aromatic rings. The van der Waals surface area contributed by atoms with Crippen LogP contribution in [0.3, 0.4) is 0 Å². The summed E-state index contributed by atoms with van der Waals surface area (Å²) in [5, 5.41) is 13.8. The Bertz CT molecular complexity index is 540. The smallest absolute Gasteiger partial charge is 0.276 e. The van der Waals surface area contributed by atoms with Gasteiger partial charge in [0, 0.05) is 18.2 Å². The van der Waals surface area contributed by atoms with Crippen molar-refractivity contribution in [2.75, 3.05) is 0 Å². The summed E-state index contributed by atoms with van der Waals surface area (Å²) >= 11 is 0. The Balaban J connectivity index is 1.99. The molecule has 1 N–H and O–H groups in total. The van der Waals surface area contributed by atoms with Crippen molar-refractivity contribution >= 4 is 17.7 Å². The Hall–Kier alpha value is -2.17. The quantitative estimate of drug-likeness (QED) is 0.521. The number of carbonyl (C=O) groups is 1. The van der Waals surface area contributed by atoms with Gasteiger partial charge in [-0.3, -0.25) is 14.9 Å². The highest BCUT2D eigenvalue weighted by Gasteiger charge is 2.21. The summed E-state index contributed by atoms with van der Waals surface area (Å²) < 4.78 is 0. The molecule has 5 nitrogen and oxygen atoms in total.